The van der Waals surface area contributed by atoms with Gasteiger partial charge in [0.25, 0.3) is 0 Å². The number of aromatic nitrogens is 3. The molecule has 21 heavy (non-hydrogen) atoms. The summed E-state index contributed by atoms with van der Waals surface area (Å²) in [5.74, 6) is -0.304. The molecule has 0 saturated heterocycles. The fourth-order valence-corrected chi connectivity index (χ4v) is 2.00. The van der Waals surface area contributed by atoms with Crippen LogP contribution in [0.15, 0.2) is 55.1 Å². The summed E-state index contributed by atoms with van der Waals surface area (Å²) in [7, 11) is 0. The standard InChI is InChI=1S/C15H13FN4O/c16-12-4-5-15(21)11(6-12)8-17-13-2-1-3-14(7-13)20-9-18-19-10-20/h1-7,9-10,17,21H,8H2. The van der Waals surface area contributed by atoms with E-state index in [0.717, 1.165) is 11.4 Å². The maximum absolute atomic E-state index is 13.2. The molecule has 0 amide bonds. The van der Waals surface area contributed by atoms with Gasteiger partial charge in [-0.2, -0.15) is 0 Å². The molecule has 2 aromatic carbocycles. The SMILES string of the molecule is Oc1ccc(F)cc1CNc1cccc(-n2cnnc2)c1. The Bertz CT molecular complexity index is 743. The van der Waals surface area contributed by atoms with Crippen LogP contribution in [0, 0.1) is 5.82 Å². The zero-order chi connectivity index (χ0) is 14.7. The van der Waals surface area contributed by atoms with Crippen molar-refractivity contribution >= 4 is 5.69 Å². The van der Waals surface area contributed by atoms with Crippen molar-refractivity contribution in [2.24, 2.45) is 0 Å². The van der Waals surface area contributed by atoms with Crippen molar-refractivity contribution in [1.82, 2.24) is 14.8 Å². The highest BCUT2D eigenvalue weighted by atomic mass is 19.1. The number of aromatic hydroxyl groups is 1. The summed E-state index contributed by atoms with van der Waals surface area (Å²) in [5.41, 5.74) is 2.27. The van der Waals surface area contributed by atoms with Crippen molar-refractivity contribution in [3.05, 3.63) is 66.5 Å². The molecule has 0 bridgehead atoms. The van der Waals surface area contributed by atoms with Crippen molar-refractivity contribution < 1.29 is 9.50 Å². The van der Waals surface area contributed by atoms with Crippen LogP contribution in [-0.2, 0) is 6.54 Å². The van der Waals surface area contributed by atoms with Gasteiger partial charge in [0, 0.05) is 17.8 Å². The Morgan fingerprint density at radius 2 is 1.90 bits per heavy atom. The molecule has 3 rings (SSSR count). The molecule has 2 N–H and O–H groups in total. The molecule has 0 spiro atoms. The molecule has 106 valence electrons. The predicted molar refractivity (Wildman–Crippen MR) is 76.8 cm³/mol. The minimum Gasteiger partial charge on any atom is -0.508 e. The molecule has 0 aliphatic carbocycles. The number of halogens is 1. The first-order valence-corrected chi connectivity index (χ1v) is 6.39. The van der Waals surface area contributed by atoms with Crippen LogP contribution >= 0.6 is 0 Å². The van der Waals surface area contributed by atoms with E-state index in [9.17, 15) is 9.50 Å². The second-order valence-electron chi connectivity index (χ2n) is 4.55. The number of nitrogens with zero attached hydrogens (tertiary/aromatic N) is 3. The molecule has 6 heteroatoms. The molecule has 0 radical (unpaired) electrons. The predicted octanol–water partition coefficient (Wildman–Crippen LogP) is 2.72. The first-order chi connectivity index (χ1) is 10.2. The number of phenols is 1. The number of hydrogen-bond donors (Lipinski definition) is 2. The Labute approximate surface area is 120 Å². The van der Waals surface area contributed by atoms with E-state index in [0.29, 0.717) is 12.1 Å². The van der Waals surface area contributed by atoms with Crippen LogP contribution in [-0.4, -0.2) is 19.9 Å². The van der Waals surface area contributed by atoms with E-state index in [1.165, 1.54) is 18.2 Å². The summed E-state index contributed by atoms with van der Waals surface area (Å²) in [4.78, 5) is 0. The second-order valence-corrected chi connectivity index (χ2v) is 4.55. The van der Waals surface area contributed by atoms with E-state index in [1.54, 1.807) is 17.2 Å². The van der Waals surface area contributed by atoms with Gasteiger partial charge in [-0.05, 0) is 36.4 Å². The Morgan fingerprint density at radius 3 is 2.71 bits per heavy atom. The molecule has 0 atom stereocenters. The lowest BCUT2D eigenvalue weighted by Gasteiger charge is -2.10. The van der Waals surface area contributed by atoms with E-state index < -0.39 is 0 Å². The fraction of sp³-hybridized carbons (Fsp3) is 0.0667. The quantitative estimate of drug-likeness (QED) is 0.773. The van der Waals surface area contributed by atoms with Crippen LogP contribution in [0.25, 0.3) is 5.69 Å². The summed E-state index contributed by atoms with van der Waals surface area (Å²) in [6, 6.07) is 11.5. The smallest absolute Gasteiger partial charge is 0.123 e. The molecule has 0 fully saturated rings. The van der Waals surface area contributed by atoms with Crippen LogP contribution in [0.5, 0.6) is 5.75 Å². The maximum atomic E-state index is 13.2. The van der Waals surface area contributed by atoms with Crippen LogP contribution < -0.4 is 5.32 Å². The molecular weight excluding hydrogens is 271 g/mol. The van der Waals surface area contributed by atoms with E-state index in [-0.39, 0.29) is 11.6 Å². The number of benzene rings is 2. The summed E-state index contributed by atoms with van der Waals surface area (Å²) in [5, 5.41) is 20.4. The van der Waals surface area contributed by atoms with Crippen molar-refractivity contribution in [1.29, 1.82) is 0 Å². The van der Waals surface area contributed by atoms with Gasteiger partial charge in [-0.1, -0.05) is 6.07 Å². The molecule has 5 nitrogen and oxygen atoms in total. The molecular formula is C15H13FN4O. The number of rotatable bonds is 4. The van der Waals surface area contributed by atoms with Gasteiger partial charge in [-0.3, -0.25) is 4.57 Å². The summed E-state index contributed by atoms with van der Waals surface area (Å²) in [6.07, 6.45) is 3.22. The zero-order valence-corrected chi connectivity index (χ0v) is 11.1. The summed E-state index contributed by atoms with van der Waals surface area (Å²) >= 11 is 0. The molecule has 0 aliphatic heterocycles. The third-order valence-electron chi connectivity index (χ3n) is 3.09. The van der Waals surface area contributed by atoms with Gasteiger partial charge in [-0.25, -0.2) is 4.39 Å². The van der Waals surface area contributed by atoms with Gasteiger partial charge in [0.15, 0.2) is 0 Å². The lowest BCUT2D eigenvalue weighted by molar-refractivity contribution is 0.466. The van der Waals surface area contributed by atoms with Crippen molar-refractivity contribution in [3.8, 4) is 11.4 Å². The molecule has 1 heterocycles. The van der Waals surface area contributed by atoms with Crippen molar-refractivity contribution in [2.75, 3.05) is 5.32 Å². The summed E-state index contributed by atoms with van der Waals surface area (Å²) in [6.45, 7) is 0.329. The van der Waals surface area contributed by atoms with Gasteiger partial charge in [0.2, 0.25) is 0 Å². The molecule has 0 saturated carbocycles. The van der Waals surface area contributed by atoms with Crippen molar-refractivity contribution in [3.63, 3.8) is 0 Å². The van der Waals surface area contributed by atoms with Crippen LogP contribution in [0.3, 0.4) is 0 Å². The Kier molecular flexibility index (Phi) is 3.51. The summed E-state index contributed by atoms with van der Waals surface area (Å²) < 4.78 is 14.9. The molecule has 3 aromatic rings. The average Bonchev–Trinajstić information content (AvgIpc) is 3.03. The highest BCUT2D eigenvalue weighted by Gasteiger charge is 2.04. The highest BCUT2D eigenvalue weighted by Crippen LogP contribution is 2.20. The zero-order valence-electron chi connectivity index (χ0n) is 11.1. The first kappa shape index (κ1) is 13.1. The number of anilines is 1. The minimum absolute atomic E-state index is 0.0684. The third kappa shape index (κ3) is 3.00. The Balaban J connectivity index is 1.76. The van der Waals surface area contributed by atoms with E-state index >= 15 is 0 Å². The number of phenolic OH excluding ortho intramolecular Hbond substituents is 1. The average molecular weight is 284 g/mol. The lowest BCUT2D eigenvalue weighted by atomic mass is 10.2. The Morgan fingerprint density at radius 1 is 1.10 bits per heavy atom. The van der Waals surface area contributed by atoms with E-state index in [1.807, 2.05) is 24.3 Å². The van der Waals surface area contributed by atoms with E-state index in [4.69, 9.17) is 0 Å². The van der Waals surface area contributed by atoms with Gasteiger partial charge < -0.3 is 10.4 Å². The first-order valence-electron chi connectivity index (χ1n) is 6.39. The van der Waals surface area contributed by atoms with Gasteiger partial charge in [0.1, 0.15) is 24.2 Å². The monoisotopic (exact) mass is 284 g/mol. The molecule has 0 aliphatic rings. The number of hydrogen-bond acceptors (Lipinski definition) is 4. The van der Waals surface area contributed by atoms with Gasteiger partial charge in [-0.15, -0.1) is 10.2 Å². The fourth-order valence-electron chi connectivity index (χ4n) is 2.00. The topological polar surface area (TPSA) is 63.0 Å². The van der Waals surface area contributed by atoms with Crippen LogP contribution in [0.1, 0.15) is 5.56 Å². The minimum atomic E-state index is -0.372. The van der Waals surface area contributed by atoms with Gasteiger partial charge in [0.05, 0.1) is 5.69 Å². The molecule has 1 aromatic heterocycles. The van der Waals surface area contributed by atoms with Crippen molar-refractivity contribution in [2.45, 2.75) is 6.54 Å². The van der Waals surface area contributed by atoms with Gasteiger partial charge >= 0.3 is 0 Å². The Hall–Kier alpha value is -2.89. The highest BCUT2D eigenvalue weighted by molar-refractivity contribution is 5.51. The van der Waals surface area contributed by atoms with E-state index in [2.05, 4.69) is 15.5 Å². The van der Waals surface area contributed by atoms with Crippen LogP contribution in [0.4, 0.5) is 10.1 Å². The maximum Gasteiger partial charge on any atom is 0.123 e. The van der Waals surface area contributed by atoms with Crippen LogP contribution in [0.2, 0.25) is 0 Å². The lowest BCUT2D eigenvalue weighted by Crippen LogP contribution is -2.01. The molecule has 0 unspecified atom stereocenters. The largest absolute Gasteiger partial charge is 0.508 e. The third-order valence-corrected chi connectivity index (χ3v) is 3.09. The normalized spacial score (nSPS) is 10.5. The number of nitrogens with one attached hydrogen (secondary N) is 1. The second kappa shape index (κ2) is 5.62.